The first kappa shape index (κ1) is 15.7. The third kappa shape index (κ3) is 3.77. The van der Waals surface area contributed by atoms with Gasteiger partial charge < -0.3 is 10.1 Å². The maximum atomic E-state index is 5.91. The Balaban J connectivity index is 1.72. The quantitative estimate of drug-likeness (QED) is 0.648. The van der Waals surface area contributed by atoms with E-state index in [1.54, 1.807) is 7.11 Å². The molecule has 0 aromatic heterocycles. The molecule has 3 aromatic carbocycles. The van der Waals surface area contributed by atoms with Gasteiger partial charge in [0.05, 0.1) is 7.11 Å². The Hall–Kier alpha value is -2.19. The zero-order chi connectivity index (χ0) is 16.2. The van der Waals surface area contributed by atoms with Gasteiger partial charge in [0.15, 0.2) is 0 Å². The molecule has 23 heavy (non-hydrogen) atoms. The summed E-state index contributed by atoms with van der Waals surface area (Å²) in [4.78, 5) is 0. The third-order valence-electron chi connectivity index (χ3n) is 4.10. The fraction of sp³-hybridized carbons (Fsp3) is 0.200. The third-order valence-corrected chi connectivity index (χ3v) is 4.35. The van der Waals surface area contributed by atoms with E-state index >= 15 is 0 Å². The fourth-order valence-electron chi connectivity index (χ4n) is 2.63. The standard InChI is InChI=1S/C20H20ClNO/c1-14(13-22-19-8-6-18(21)7-9-19)15-3-4-17-12-20(23-2)10-5-16(17)11-15/h3-12,14,22H,13H2,1-2H3. The van der Waals surface area contributed by atoms with Crippen molar-refractivity contribution in [2.75, 3.05) is 19.0 Å². The second-order valence-electron chi connectivity index (χ2n) is 5.76. The van der Waals surface area contributed by atoms with Crippen molar-refractivity contribution >= 4 is 28.1 Å². The first-order valence-electron chi connectivity index (χ1n) is 7.73. The molecule has 0 spiro atoms. The lowest BCUT2D eigenvalue weighted by Crippen LogP contribution is -2.09. The van der Waals surface area contributed by atoms with E-state index < -0.39 is 0 Å². The van der Waals surface area contributed by atoms with Crippen molar-refractivity contribution in [1.82, 2.24) is 0 Å². The fourth-order valence-corrected chi connectivity index (χ4v) is 2.76. The van der Waals surface area contributed by atoms with Gasteiger partial charge in [0.25, 0.3) is 0 Å². The van der Waals surface area contributed by atoms with Crippen molar-refractivity contribution in [2.24, 2.45) is 0 Å². The minimum atomic E-state index is 0.414. The molecule has 118 valence electrons. The molecule has 3 aromatic rings. The molecule has 1 N–H and O–H groups in total. The van der Waals surface area contributed by atoms with Crippen LogP contribution in [0.25, 0.3) is 10.8 Å². The largest absolute Gasteiger partial charge is 0.497 e. The summed E-state index contributed by atoms with van der Waals surface area (Å²) in [6.45, 7) is 3.11. The van der Waals surface area contributed by atoms with Crippen molar-refractivity contribution < 1.29 is 4.74 Å². The number of benzene rings is 3. The summed E-state index contributed by atoms with van der Waals surface area (Å²) in [5, 5.41) is 6.65. The second kappa shape index (κ2) is 6.93. The van der Waals surface area contributed by atoms with Gasteiger partial charge in [0.1, 0.15) is 5.75 Å². The van der Waals surface area contributed by atoms with Gasteiger partial charge >= 0.3 is 0 Å². The van der Waals surface area contributed by atoms with E-state index in [0.29, 0.717) is 5.92 Å². The Bertz CT molecular complexity index is 798. The molecular formula is C20H20ClNO. The van der Waals surface area contributed by atoms with Crippen molar-refractivity contribution in [3.8, 4) is 5.75 Å². The van der Waals surface area contributed by atoms with Crippen molar-refractivity contribution in [2.45, 2.75) is 12.8 Å². The van der Waals surface area contributed by atoms with Crippen LogP contribution in [-0.4, -0.2) is 13.7 Å². The summed E-state index contributed by atoms with van der Waals surface area (Å²) in [7, 11) is 1.69. The smallest absolute Gasteiger partial charge is 0.119 e. The number of hydrogen-bond acceptors (Lipinski definition) is 2. The maximum Gasteiger partial charge on any atom is 0.119 e. The molecular weight excluding hydrogens is 306 g/mol. The Morgan fingerprint density at radius 2 is 1.65 bits per heavy atom. The van der Waals surface area contributed by atoms with E-state index in [-0.39, 0.29) is 0 Å². The van der Waals surface area contributed by atoms with E-state index in [1.807, 2.05) is 30.3 Å². The molecule has 1 atom stereocenters. The molecule has 0 aliphatic rings. The van der Waals surface area contributed by atoms with Crippen LogP contribution in [0.4, 0.5) is 5.69 Å². The van der Waals surface area contributed by atoms with E-state index in [9.17, 15) is 0 Å². The first-order chi connectivity index (χ1) is 11.2. The minimum Gasteiger partial charge on any atom is -0.497 e. The van der Waals surface area contributed by atoms with E-state index in [0.717, 1.165) is 23.0 Å². The lowest BCUT2D eigenvalue weighted by molar-refractivity contribution is 0.415. The molecule has 3 heteroatoms. The van der Waals surface area contributed by atoms with Crippen LogP contribution in [0.2, 0.25) is 5.02 Å². The van der Waals surface area contributed by atoms with Gasteiger partial charge in [0.2, 0.25) is 0 Å². The van der Waals surface area contributed by atoms with Crippen LogP contribution < -0.4 is 10.1 Å². The predicted molar refractivity (Wildman–Crippen MR) is 98.9 cm³/mol. The number of hydrogen-bond donors (Lipinski definition) is 1. The van der Waals surface area contributed by atoms with E-state index in [1.165, 1.54) is 16.3 Å². The summed E-state index contributed by atoms with van der Waals surface area (Å²) < 4.78 is 5.28. The van der Waals surface area contributed by atoms with Crippen molar-refractivity contribution in [3.05, 3.63) is 71.2 Å². The molecule has 1 unspecified atom stereocenters. The molecule has 0 radical (unpaired) electrons. The van der Waals surface area contributed by atoms with Crippen LogP contribution in [0.15, 0.2) is 60.7 Å². The highest BCUT2D eigenvalue weighted by atomic mass is 35.5. The second-order valence-corrected chi connectivity index (χ2v) is 6.20. The Morgan fingerprint density at radius 1 is 0.957 bits per heavy atom. The number of anilines is 1. The summed E-state index contributed by atoms with van der Waals surface area (Å²) in [5.74, 6) is 1.31. The molecule has 0 bridgehead atoms. The average Bonchev–Trinajstić information content (AvgIpc) is 2.60. The topological polar surface area (TPSA) is 21.3 Å². The first-order valence-corrected chi connectivity index (χ1v) is 8.10. The summed E-state index contributed by atoms with van der Waals surface area (Å²) in [6.07, 6.45) is 0. The lowest BCUT2D eigenvalue weighted by Gasteiger charge is -2.15. The molecule has 0 fully saturated rings. The molecule has 2 nitrogen and oxygen atoms in total. The van der Waals surface area contributed by atoms with Gasteiger partial charge in [0, 0.05) is 17.3 Å². The highest BCUT2D eigenvalue weighted by Crippen LogP contribution is 2.25. The van der Waals surface area contributed by atoms with Crippen LogP contribution in [0.5, 0.6) is 5.75 Å². The number of ether oxygens (including phenoxy) is 1. The normalized spacial score (nSPS) is 12.1. The Labute approximate surface area is 142 Å². The van der Waals surface area contributed by atoms with Gasteiger partial charge in [-0.1, -0.05) is 42.8 Å². The molecule has 0 amide bonds. The average molecular weight is 326 g/mol. The molecule has 0 heterocycles. The Morgan fingerprint density at radius 3 is 2.39 bits per heavy atom. The molecule has 0 aliphatic carbocycles. The monoisotopic (exact) mass is 325 g/mol. The highest BCUT2D eigenvalue weighted by molar-refractivity contribution is 6.30. The zero-order valence-electron chi connectivity index (χ0n) is 13.3. The van der Waals surface area contributed by atoms with Crippen LogP contribution in [0.1, 0.15) is 18.4 Å². The van der Waals surface area contributed by atoms with Gasteiger partial charge in [-0.05, 0) is 58.7 Å². The summed E-state index contributed by atoms with van der Waals surface area (Å²) in [5.41, 5.74) is 2.41. The summed E-state index contributed by atoms with van der Waals surface area (Å²) in [6, 6.07) is 20.6. The number of nitrogens with one attached hydrogen (secondary N) is 1. The predicted octanol–water partition coefficient (Wildman–Crippen LogP) is 5.72. The SMILES string of the molecule is COc1ccc2cc(C(C)CNc3ccc(Cl)cc3)ccc2c1. The van der Waals surface area contributed by atoms with Gasteiger partial charge in [-0.25, -0.2) is 0 Å². The summed E-state index contributed by atoms with van der Waals surface area (Å²) >= 11 is 5.91. The van der Waals surface area contributed by atoms with Crippen LogP contribution >= 0.6 is 11.6 Å². The van der Waals surface area contributed by atoms with E-state index in [4.69, 9.17) is 16.3 Å². The van der Waals surface area contributed by atoms with Gasteiger partial charge in [-0.2, -0.15) is 0 Å². The minimum absolute atomic E-state index is 0.414. The van der Waals surface area contributed by atoms with Crippen LogP contribution in [-0.2, 0) is 0 Å². The van der Waals surface area contributed by atoms with Crippen molar-refractivity contribution in [1.29, 1.82) is 0 Å². The number of rotatable bonds is 5. The Kier molecular flexibility index (Phi) is 4.73. The van der Waals surface area contributed by atoms with Gasteiger partial charge in [-0.15, -0.1) is 0 Å². The van der Waals surface area contributed by atoms with E-state index in [2.05, 4.69) is 42.6 Å². The lowest BCUT2D eigenvalue weighted by atomic mass is 9.97. The van der Waals surface area contributed by atoms with Gasteiger partial charge in [-0.3, -0.25) is 0 Å². The van der Waals surface area contributed by atoms with Crippen LogP contribution in [0, 0.1) is 0 Å². The number of fused-ring (bicyclic) bond motifs is 1. The van der Waals surface area contributed by atoms with Crippen LogP contribution in [0.3, 0.4) is 0 Å². The molecule has 0 saturated carbocycles. The molecule has 0 aliphatic heterocycles. The van der Waals surface area contributed by atoms with Crippen molar-refractivity contribution in [3.63, 3.8) is 0 Å². The highest BCUT2D eigenvalue weighted by Gasteiger charge is 2.07. The molecule has 3 rings (SSSR count). The number of halogens is 1. The zero-order valence-corrected chi connectivity index (χ0v) is 14.1. The number of methoxy groups -OCH3 is 1. The molecule has 0 saturated heterocycles. The maximum absolute atomic E-state index is 5.91.